The molecule has 3 N–H and O–H groups in total. The number of ether oxygens (including phenoxy) is 1. The van der Waals surface area contributed by atoms with Gasteiger partial charge < -0.3 is 20.4 Å². The average molecular weight is 358 g/mol. The van der Waals surface area contributed by atoms with Crippen LogP contribution < -0.4 is 15.4 Å². The molecule has 4 aromatic rings. The Balaban J connectivity index is 1.35. The first-order chi connectivity index (χ1) is 13.3. The number of nitrogens with zero attached hydrogens (tertiary/aromatic N) is 1. The summed E-state index contributed by atoms with van der Waals surface area (Å²) in [6.07, 6.45) is 6.55. The molecule has 2 heterocycles. The molecule has 2 aromatic carbocycles. The minimum absolute atomic E-state index is 0.862. The van der Waals surface area contributed by atoms with Crippen molar-refractivity contribution in [3.63, 3.8) is 0 Å². The molecule has 0 saturated carbocycles. The van der Waals surface area contributed by atoms with Crippen molar-refractivity contribution in [1.29, 1.82) is 0 Å². The molecule has 0 aliphatic heterocycles. The van der Waals surface area contributed by atoms with Gasteiger partial charge in [0.25, 0.3) is 0 Å². The summed E-state index contributed by atoms with van der Waals surface area (Å²) in [7, 11) is 1.70. The third-order valence-electron chi connectivity index (χ3n) is 4.56. The molecule has 0 aliphatic rings. The number of H-pyrrole nitrogens is 1. The molecule has 0 spiro atoms. The summed E-state index contributed by atoms with van der Waals surface area (Å²) in [5.74, 6) is 0.879. The normalized spacial score (nSPS) is 10.7. The maximum Gasteiger partial charge on any atom is 0.142 e. The van der Waals surface area contributed by atoms with Crippen LogP contribution in [0.3, 0.4) is 0 Å². The maximum atomic E-state index is 5.41. The Morgan fingerprint density at radius 3 is 2.44 bits per heavy atom. The fourth-order valence-corrected chi connectivity index (χ4v) is 3.18. The first-order valence-corrected chi connectivity index (χ1v) is 8.97. The molecule has 0 fully saturated rings. The predicted octanol–water partition coefficient (Wildman–Crippen LogP) is 4.97. The zero-order valence-corrected chi connectivity index (χ0v) is 15.2. The lowest BCUT2D eigenvalue weighted by Crippen LogP contribution is -2.04. The van der Waals surface area contributed by atoms with Crippen molar-refractivity contribution < 1.29 is 4.74 Å². The smallest absolute Gasteiger partial charge is 0.142 e. The third-order valence-corrected chi connectivity index (χ3v) is 4.56. The van der Waals surface area contributed by atoms with Crippen molar-refractivity contribution in [2.45, 2.75) is 6.42 Å². The average Bonchev–Trinajstić information content (AvgIpc) is 3.13. The van der Waals surface area contributed by atoms with Gasteiger partial charge >= 0.3 is 0 Å². The monoisotopic (exact) mass is 358 g/mol. The zero-order chi connectivity index (χ0) is 18.5. The van der Waals surface area contributed by atoms with E-state index in [1.54, 1.807) is 19.5 Å². The number of benzene rings is 2. The molecule has 0 saturated heterocycles. The lowest BCUT2D eigenvalue weighted by molar-refractivity contribution is 0.419. The highest BCUT2D eigenvalue weighted by Crippen LogP contribution is 2.27. The Labute approximate surface area is 158 Å². The molecular weight excluding hydrogens is 336 g/mol. The zero-order valence-electron chi connectivity index (χ0n) is 15.2. The lowest BCUT2D eigenvalue weighted by atomic mass is 10.1. The molecule has 0 aliphatic carbocycles. The fourth-order valence-electron chi connectivity index (χ4n) is 3.18. The molecule has 2 aromatic heterocycles. The summed E-state index contributed by atoms with van der Waals surface area (Å²) in [6, 6.07) is 18.3. The molecule has 0 unspecified atom stereocenters. The summed E-state index contributed by atoms with van der Waals surface area (Å²) in [5.41, 5.74) is 5.53. The molecule has 0 bridgehead atoms. The van der Waals surface area contributed by atoms with Crippen LogP contribution in [0.1, 0.15) is 5.56 Å². The number of nitrogens with one attached hydrogen (secondary N) is 3. The first kappa shape index (κ1) is 17.0. The van der Waals surface area contributed by atoms with E-state index >= 15 is 0 Å². The van der Waals surface area contributed by atoms with E-state index in [0.29, 0.717) is 0 Å². The number of aromatic nitrogens is 2. The van der Waals surface area contributed by atoms with Gasteiger partial charge in [-0.2, -0.15) is 0 Å². The van der Waals surface area contributed by atoms with Gasteiger partial charge in [0.1, 0.15) is 5.75 Å². The van der Waals surface area contributed by atoms with Crippen LogP contribution in [0.25, 0.3) is 10.9 Å². The van der Waals surface area contributed by atoms with E-state index in [0.717, 1.165) is 41.3 Å². The Bertz CT molecular complexity index is 1010. The predicted molar refractivity (Wildman–Crippen MR) is 111 cm³/mol. The van der Waals surface area contributed by atoms with Crippen LogP contribution in [0.5, 0.6) is 5.75 Å². The van der Waals surface area contributed by atoms with Gasteiger partial charge in [-0.1, -0.05) is 12.1 Å². The highest BCUT2D eigenvalue weighted by atomic mass is 16.5. The summed E-state index contributed by atoms with van der Waals surface area (Å²) in [5, 5.41) is 8.06. The second kappa shape index (κ2) is 7.83. The van der Waals surface area contributed by atoms with E-state index in [4.69, 9.17) is 4.74 Å². The Hall–Kier alpha value is -3.47. The van der Waals surface area contributed by atoms with Gasteiger partial charge in [-0.25, -0.2) is 0 Å². The van der Waals surface area contributed by atoms with Crippen molar-refractivity contribution in [2.75, 3.05) is 24.3 Å². The Kier molecular flexibility index (Phi) is 4.92. The van der Waals surface area contributed by atoms with Crippen LogP contribution in [0.2, 0.25) is 0 Å². The molecular formula is C22H22N4O. The van der Waals surface area contributed by atoms with Crippen LogP contribution in [0.15, 0.2) is 73.2 Å². The third kappa shape index (κ3) is 3.87. The number of hydrogen-bond donors (Lipinski definition) is 3. The van der Waals surface area contributed by atoms with Gasteiger partial charge in [0, 0.05) is 47.6 Å². The van der Waals surface area contributed by atoms with Gasteiger partial charge in [0.15, 0.2) is 0 Å². The van der Waals surface area contributed by atoms with Crippen molar-refractivity contribution in [2.24, 2.45) is 0 Å². The molecule has 0 atom stereocenters. The topological polar surface area (TPSA) is 62.0 Å². The second-order valence-electron chi connectivity index (χ2n) is 6.31. The van der Waals surface area contributed by atoms with E-state index in [1.165, 1.54) is 10.9 Å². The minimum Gasteiger partial charge on any atom is -0.495 e. The minimum atomic E-state index is 0.862. The van der Waals surface area contributed by atoms with E-state index < -0.39 is 0 Å². The van der Waals surface area contributed by atoms with Crippen LogP contribution in [-0.4, -0.2) is 23.6 Å². The molecule has 5 nitrogen and oxygen atoms in total. The fraction of sp³-hybridized carbons (Fsp3) is 0.136. The molecule has 0 amide bonds. The van der Waals surface area contributed by atoms with Crippen molar-refractivity contribution in [3.8, 4) is 5.75 Å². The SMILES string of the molecule is COc1cccc2c(CCNc3ccc(Nc4ccncc4)cc3)c[nH]c12. The van der Waals surface area contributed by atoms with Gasteiger partial charge in [0.05, 0.1) is 12.6 Å². The van der Waals surface area contributed by atoms with Crippen LogP contribution in [0, 0.1) is 0 Å². The number of para-hydroxylation sites is 1. The number of pyridine rings is 1. The molecule has 27 heavy (non-hydrogen) atoms. The molecule has 5 heteroatoms. The molecule has 0 radical (unpaired) electrons. The highest BCUT2D eigenvalue weighted by Gasteiger charge is 2.07. The van der Waals surface area contributed by atoms with Crippen LogP contribution in [0.4, 0.5) is 17.1 Å². The Morgan fingerprint density at radius 1 is 0.926 bits per heavy atom. The number of fused-ring (bicyclic) bond motifs is 1. The lowest BCUT2D eigenvalue weighted by Gasteiger charge is -2.09. The molecule has 4 rings (SSSR count). The van der Waals surface area contributed by atoms with Gasteiger partial charge in [-0.15, -0.1) is 0 Å². The highest BCUT2D eigenvalue weighted by molar-refractivity contribution is 5.88. The summed E-state index contributed by atoms with van der Waals surface area (Å²) >= 11 is 0. The molecule has 136 valence electrons. The van der Waals surface area contributed by atoms with Crippen LogP contribution in [-0.2, 0) is 6.42 Å². The van der Waals surface area contributed by atoms with E-state index in [-0.39, 0.29) is 0 Å². The number of hydrogen-bond acceptors (Lipinski definition) is 4. The number of anilines is 3. The van der Waals surface area contributed by atoms with E-state index in [2.05, 4.69) is 57.1 Å². The maximum absolute atomic E-state index is 5.41. The number of rotatable bonds is 7. The van der Waals surface area contributed by atoms with Gasteiger partial charge in [-0.3, -0.25) is 4.98 Å². The Morgan fingerprint density at radius 2 is 1.67 bits per heavy atom. The van der Waals surface area contributed by atoms with Crippen molar-refractivity contribution in [1.82, 2.24) is 9.97 Å². The standard InChI is InChI=1S/C22H22N4O/c1-27-21-4-2-3-20-16(15-25-22(20)21)9-14-24-17-5-7-18(8-6-17)26-19-10-12-23-13-11-19/h2-8,10-13,15,24-25H,9,14H2,1H3,(H,23,26). The summed E-state index contributed by atoms with van der Waals surface area (Å²) < 4.78 is 5.41. The second-order valence-corrected chi connectivity index (χ2v) is 6.31. The van der Waals surface area contributed by atoms with Gasteiger partial charge in [0.2, 0.25) is 0 Å². The van der Waals surface area contributed by atoms with Crippen molar-refractivity contribution >= 4 is 28.0 Å². The first-order valence-electron chi connectivity index (χ1n) is 8.97. The quantitative estimate of drug-likeness (QED) is 0.436. The van der Waals surface area contributed by atoms with E-state index in [9.17, 15) is 0 Å². The van der Waals surface area contributed by atoms with Crippen molar-refractivity contribution in [3.05, 3.63) is 78.8 Å². The summed E-state index contributed by atoms with van der Waals surface area (Å²) in [6.45, 7) is 0.862. The number of methoxy groups -OCH3 is 1. The largest absolute Gasteiger partial charge is 0.495 e. The summed E-state index contributed by atoms with van der Waals surface area (Å²) in [4.78, 5) is 7.35. The van der Waals surface area contributed by atoms with E-state index in [1.807, 2.05) is 24.3 Å². The number of aromatic amines is 1. The van der Waals surface area contributed by atoms with Gasteiger partial charge in [-0.05, 0) is 54.4 Å². The van der Waals surface area contributed by atoms with Crippen LogP contribution >= 0.6 is 0 Å².